The van der Waals surface area contributed by atoms with Gasteiger partial charge < -0.3 is 14.5 Å². The second kappa shape index (κ2) is 7.79. The molecular weight excluding hydrogens is 372 g/mol. The summed E-state index contributed by atoms with van der Waals surface area (Å²) in [5, 5.41) is 0.685. The minimum absolute atomic E-state index is 0.685. The Morgan fingerprint density at radius 1 is 0.750 bits per heavy atom. The molecule has 4 aromatic rings. The zero-order chi connectivity index (χ0) is 19.5. The molecule has 0 spiro atoms. The molecular formula is C23H19ClN2O2. The van der Waals surface area contributed by atoms with Crippen molar-refractivity contribution in [1.82, 2.24) is 9.97 Å². The lowest BCUT2D eigenvalue weighted by molar-refractivity contribution is 0.415. The van der Waals surface area contributed by atoms with E-state index in [1.165, 1.54) is 0 Å². The van der Waals surface area contributed by atoms with Crippen LogP contribution in [0, 0.1) is 0 Å². The highest BCUT2D eigenvalue weighted by atomic mass is 35.5. The van der Waals surface area contributed by atoms with Crippen LogP contribution in [0.25, 0.3) is 33.9 Å². The summed E-state index contributed by atoms with van der Waals surface area (Å²) in [6.45, 7) is 0. The van der Waals surface area contributed by atoms with Crippen LogP contribution < -0.4 is 9.47 Å². The van der Waals surface area contributed by atoms with Gasteiger partial charge in [0.05, 0.1) is 19.9 Å². The van der Waals surface area contributed by atoms with Crippen LogP contribution in [-0.4, -0.2) is 24.2 Å². The van der Waals surface area contributed by atoms with Crippen molar-refractivity contribution in [1.29, 1.82) is 0 Å². The molecule has 4 nitrogen and oxygen atoms in total. The lowest BCUT2D eigenvalue weighted by Crippen LogP contribution is -1.92. The molecule has 0 atom stereocenters. The fourth-order valence-electron chi connectivity index (χ4n) is 3.20. The molecule has 0 fully saturated rings. The predicted octanol–water partition coefficient (Wildman–Crippen LogP) is 6.08. The van der Waals surface area contributed by atoms with Crippen molar-refractivity contribution in [2.45, 2.75) is 0 Å². The van der Waals surface area contributed by atoms with Crippen molar-refractivity contribution in [3.63, 3.8) is 0 Å². The lowest BCUT2D eigenvalue weighted by atomic mass is 10.0. The van der Waals surface area contributed by atoms with Gasteiger partial charge in [0.25, 0.3) is 0 Å². The van der Waals surface area contributed by atoms with E-state index in [0.29, 0.717) is 5.02 Å². The van der Waals surface area contributed by atoms with Gasteiger partial charge in [0, 0.05) is 21.7 Å². The molecule has 28 heavy (non-hydrogen) atoms. The molecule has 0 amide bonds. The Bertz CT molecular complexity index is 1040. The van der Waals surface area contributed by atoms with Gasteiger partial charge in [-0.25, -0.2) is 4.98 Å². The van der Waals surface area contributed by atoms with Crippen LogP contribution in [0.1, 0.15) is 0 Å². The minimum Gasteiger partial charge on any atom is -0.496 e. The molecule has 1 heterocycles. The molecule has 3 aromatic carbocycles. The normalized spacial score (nSPS) is 10.7. The number of nitrogens with one attached hydrogen (secondary N) is 1. The summed E-state index contributed by atoms with van der Waals surface area (Å²) in [7, 11) is 3.33. The summed E-state index contributed by atoms with van der Waals surface area (Å²) in [6.07, 6.45) is 0. The van der Waals surface area contributed by atoms with Gasteiger partial charge in [0.2, 0.25) is 0 Å². The van der Waals surface area contributed by atoms with Crippen molar-refractivity contribution in [2.75, 3.05) is 14.2 Å². The number of nitrogens with zero attached hydrogens (tertiary/aromatic N) is 1. The second-order valence-corrected chi connectivity index (χ2v) is 6.65. The third kappa shape index (κ3) is 3.35. The van der Waals surface area contributed by atoms with Crippen molar-refractivity contribution in [2.24, 2.45) is 0 Å². The molecule has 1 N–H and O–H groups in total. The average molecular weight is 391 g/mol. The summed E-state index contributed by atoms with van der Waals surface area (Å²) >= 11 is 6.04. The largest absolute Gasteiger partial charge is 0.496 e. The van der Waals surface area contributed by atoms with Gasteiger partial charge in [0.1, 0.15) is 23.0 Å². The number of methoxy groups -OCH3 is 2. The maximum absolute atomic E-state index is 6.04. The van der Waals surface area contributed by atoms with Crippen molar-refractivity contribution < 1.29 is 9.47 Å². The Labute approximate surface area is 168 Å². The quantitative estimate of drug-likeness (QED) is 0.449. The number of imidazole rings is 1. The van der Waals surface area contributed by atoms with Gasteiger partial charge in [-0.05, 0) is 48.5 Å². The fraction of sp³-hybridized carbons (Fsp3) is 0.0870. The number of H-pyrrole nitrogens is 1. The first kappa shape index (κ1) is 18.1. The molecule has 1 aromatic heterocycles. The van der Waals surface area contributed by atoms with Crippen LogP contribution in [-0.2, 0) is 0 Å². The van der Waals surface area contributed by atoms with E-state index in [0.717, 1.165) is 45.4 Å². The Hall–Kier alpha value is -3.24. The topological polar surface area (TPSA) is 47.1 Å². The number of benzene rings is 3. The van der Waals surface area contributed by atoms with E-state index in [4.69, 9.17) is 26.1 Å². The highest BCUT2D eigenvalue weighted by molar-refractivity contribution is 6.30. The van der Waals surface area contributed by atoms with E-state index in [-0.39, 0.29) is 0 Å². The van der Waals surface area contributed by atoms with E-state index < -0.39 is 0 Å². The molecule has 0 saturated heterocycles. The molecule has 0 aliphatic rings. The number of aromatic amines is 1. The number of para-hydroxylation sites is 2. The van der Waals surface area contributed by atoms with E-state index in [1.54, 1.807) is 14.2 Å². The van der Waals surface area contributed by atoms with Crippen LogP contribution >= 0.6 is 11.6 Å². The number of aromatic nitrogens is 2. The zero-order valence-electron chi connectivity index (χ0n) is 15.6. The second-order valence-electron chi connectivity index (χ2n) is 6.22. The van der Waals surface area contributed by atoms with Gasteiger partial charge in [-0.1, -0.05) is 35.9 Å². The third-order valence-corrected chi connectivity index (χ3v) is 4.81. The first-order valence-electron chi connectivity index (χ1n) is 8.84. The Balaban J connectivity index is 1.96. The van der Waals surface area contributed by atoms with Crippen LogP contribution in [0.15, 0.2) is 72.8 Å². The molecule has 0 aliphatic heterocycles. The van der Waals surface area contributed by atoms with Crippen LogP contribution in [0.4, 0.5) is 0 Å². The van der Waals surface area contributed by atoms with Gasteiger partial charge in [-0.2, -0.15) is 0 Å². The summed E-state index contributed by atoms with van der Waals surface area (Å²) in [5.74, 6) is 2.27. The Morgan fingerprint density at radius 2 is 1.32 bits per heavy atom. The fourth-order valence-corrected chi connectivity index (χ4v) is 3.32. The van der Waals surface area contributed by atoms with Crippen molar-refractivity contribution in [3.05, 3.63) is 77.8 Å². The SMILES string of the molecule is COc1ccccc1-c1nc(-c2ccc(Cl)cc2)[nH]c1-c1ccccc1OC. The molecule has 0 radical (unpaired) electrons. The Morgan fingerprint density at radius 3 is 1.96 bits per heavy atom. The summed E-state index contributed by atoms with van der Waals surface area (Å²) in [4.78, 5) is 8.38. The van der Waals surface area contributed by atoms with Gasteiger partial charge >= 0.3 is 0 Å². The highest BCUT2D eigenvalue weighted by Crippen LogP contribution is 2.40. The first-order valence-corrected chi connectivity index (χ1v) is 9.21. The standard InChI is InChI=1S/C23H19ClN2O2/c1-27-19-9-5-3-7-17(19)21-22(18-8-4-6-10-20(18)28-2)26-23(25-21)15-11-13-16(24)14-12-15/h3-14H,1-2H3,(H,25,26). The van der Waals surface area contributed by atoms with Gasteiger partial charge in [-0.15, -0.1) is 0 Å². The molecule has 5 heteroatoms. The number of halogens is 1. The van der Waals surface area contributed by atoms with E-state index in [9.17, 15) is 0 Å². The molecule has 0 bridgehead atoms. The average Bonchev–Trinajstić information content (AvgIpc) is 3.19. The smallest absolute Gasteiger partial charge is 0.138 e. The number of hydrogen-bond acceptors (Lipinski definition) is 3. The molecule has 0 aliphatic carbocycles. The lowest BCUT2D eigenvalue weighted by Gasteiger charge is -2.10. The number of rotatable bonds is 5. The molecule has 0 saturated carbocycles. The van der Waals surface area contributed by atoms with E-state index >= 15 is 0 Å². The van der Waals surface area contributed by atoms with Gasteiger partial charge in [-0.3, -0.25) is 0 Å². The van der Waals surface area contributed by atoms with Crippen LogP contribution in [0.2, 0.25) is 5.02 Å². The summed E-state index contributed by atoms with van der Waals surface area (Å²) < 4.78 is 11.2. The minimum atomic E-state index is 0.685. The zero-order valence-corrected chi connectivity index (χ0v) is 16.3. The van der Waals surface area contributed by atoms with Gasteiger partial charge in [0.15, 0.2) is 0 Å². The van der Waals surface area contributed by atoms with E-state index in [1.807, 2.05) is 72.8 Å². The maximum Gasteiger partial charge on any atom is 0.138 e. The monoisotopic (exact) mass is 390 g/mol. The number of ether oxygens (including phenoxy) is 2. The molecule has 4 rings (SSSR count). The highest BCUT2D eigenvalue weighted by Gasteiger charge is 2.20. The van der Waals surface area contributed by atoms with Crippen LogP contribution in [0.5, 0.6) is 11.5 Å². The van der Waals surface area contributed by atoms with Crippen molar-refractivity contribution in [3.8, 4) is 45.4 Å². The molecule has 0 unspecified atom stereocenters. The van der Waals surface area contributed by atoms with Crippen LogP contribution in [0.3, 0.4) is 0 Å². The van der Waals surface area contributed by atoms with E-state index in [2.05, 4.69) is 4.98 Å². The summed E-state index contributed by atoms with van der Waals surface area (Å²) in [5.41, 5.74) is 4.45. The molecule has 140 valence electrons. The maximum atomic E-state index is 6.04. The predicted molar refractivity (Wildman–Crippen MR) is 113 cm³/mol. The Kier molecular flexibility index (Phi) is 5.04. The third-order valence-electron chi connectivity index (χ3n) is 4.56. The summed E-state index contributed by atoms with van der Waals surface area (Å²) in [6, 6.07) is 23.3. The number of hydrogen-bond donors (Lipinski definition) is 1. The first-order chi connectivity index (χ1) is 13.7. The van der Waals surface area contributed by atoms with Crippen molar-refractivity contribution >= 4 is 11.6 Å².